The molecule has 0 bridgehead atoms. The monoisotopic (exact) mass is 381 g/mol. The number of aryl methyl sites for hydroxylation is 2. The standard InChI is InChI=1S/C23H27NO2S/c1-2-3-4-7-18-10-12-19(13-11-18)14-16-22(25)24-21-9-6-5-8-20(21)15-17-23(26)27/h5-6,8-14,16H,2-4,7,15,17H2,1H3,(H,24,25)(H,26,27). The SMILES string of the molecule is CCCCCc1ccc(C=CC(=O)Nc2ccccc2CCC(=O)S)cc1. The number of hydrogen-bond acceptors (Lipinski definition) is 2. The van der Waals surface area contributed by atoms with Crippen molar-refractivity contribution in [3.63, 3.8) is 0 Å². The van der Waals surface area contributed by atoms with E-state index in [4.69, 9.17) is 0 Å². The molecule has 1 amide bonds. The third kappa shape index (κ3) is 7.83. The van der Waals surface area contributed by atoms with Gasteiger partial charge in [-0.15, -0.1) is 12.6 Å². The van der Waals surface area contributed by atoms with E-state index in [-0.39, 0.29) is 11.0 Å². The molecule has 0 heterocycles. The fraction of sp³-hybridized carbons (Fsp3) is 0.304. The van der Waals surface area contributed by atoms with Crippen LogP contribution in [0.1, 0.15) is 49.3 Å². The predicted octanol–water partition coefficient (Wildman–Crippen LogP) is 5.46. The van der Waals surface area contributed by atoms with E-state index in [0.717, 1.165) is 23.2 Å². The van der Waals surface area contributed by atoms with Crippen LogP contribution < -0.4 is 5.32 Å². The Hall–Kier alpha value is -2.33. The molecular formula is C23H27NO2S. The van der Waals surface area contributed by atoms with E-state index in [1.54, 1.807) is 0 Å². The molecule has 0 fully saturated rings. The molecule has 4 heteroatoms. The van der Waals surface area contributed by atoms with Crippen LogP contribution in [-0.4, -0.2) is 11.0 Å². The zero-order valence-electron chi connectivity index (χ0n) is 15.8. The Labute approximate surface area is 167 Å². The molecule has 0 unspecified atom stereocenters. The lowest BCUT2D eigenvalue weighted by Gasteiger charge is -2.09. The molecule has 2 aromatic rings. The molecule has 1 N–H and O–H groups in total. The van der Waals surface area contributed by atoms with Gasteiger partial charge in [-0.1, -0.05) is 62.2 Å². The highest BCUT2D eigenvalue weighted by Gasteiger charge is 2.06. The topological polar surface area (TPSA) is 46.2 Å². The number of carbonyl (C=O) groups excluding carboxylic acids is 2. The molecule has 3 nitrogen and oxygen atoms in total. The van der Waals surface area contributed by atoms with E-state index in [1.165, 1.54) is 30.9 Å². The van der Waals surface area contributed by atoms with Gasteiger partial charge in [0.2, 0.25) is 5.91 Å². The van der Waals surface area contributed by atoms with E-state index >= 15 is 0 Å². The molecule has 0 spiro atoms. The van der Waals surface area contributed by atoms with Gasteiger partial charge in [-0.05, 0) is 48.1 Å². The van der Waals surface area contributed by atoms with Crippen LogP contribution in [0.4, 0.5) is 5.69 Å². The number of thiol groups is 1. The van der Waals surface area contributed by atoms with Gasteiger partial charge < -0.3 is 5.32 Å². The van der Waals surface area contributed by atoms with Crippen LogP contribution in [0.5, 0.6) is 0 Å². The second-order valence-electron chi connectivity index (χ2n) is 6.57. The molecule has 0 aliphatic rings. The van der Waals surface area contributed by atoms with Gasteiger partial charge in [0, 0.05) is 18.2 Å². The minimum Gasteiger partial charge on any atom is -0.322 e. The first-order valence-electron chi connectivity index (χ1n) is 9.46. The second-order valence-corrected chi connectivity index (χ2v) is 7.07. The first-order valence-corrected chi connectivity index (χ1v) is 9.91. The summed E-state index contributed by atoms with van der Waals surface area (Å²) in [6, 6.07) is 15.8. The fourth-order valence-electron chi connectivity index (χ4n) is 2.82. The maximum Gasteiger partial charge on any atom is 0.248 e. The van der Waals surface area contributed by atoms with Crippen molar-refractivity contribution in [3.8, 4) is 0 Å². The van der Waals surface area contributed by atoms with E-state index < -0.39 is 0 Å². The highest BCUT2D eigenvalue weighted by molar-refractivity contribution is 7.96. The summed E-state index contributed by atoms with van der Waals surface area (Å²) in [4.78, 5) is 23.3. The average Bonchev–Trinajstić information content (AvgIpc) is 2.67. The van der Waals surface area contributed by atoms with Gasteiger partial charge in [0.15, 0.2) is 5.12 Å². The Morgan fingerprint density at radius 1 is 1.00 bits per heavy atom. The van der Waals surface area contributed by atoms with Crippen molar-refractivity contribution in [1.82, 2.24) is 0 Å². The van der Waals surface area contributed by atoms with Crippen molar-refractivity contribution in [2.75, 3.05) is 5.32 Å². The first-order chi connectivity index (χ1) is 13.1. The number of para-hydroxylation sites is 1. The van der Waals surface area contributed by atoms with Crippen molar-refractivity contribution in [3.05, 3.63) is 71.3 Å². The highest BCUT2D eigenvalue weighted by Crippen LogP contribution is 2.17. The minimum absolute atomic E-state index is 0.158. The molecule has 142 valence electrons. The molecule has 0 aliphatic carbocycles. The Kier molecular flexibility index (Phi) is 8.85. The van der Waals surface area contributed by atoms with Crippen molar-refractivity contribution >= 4 is 35.4 Å². The third-order valence-electron chi connectivity index (χ3n) is 4.36. The van der Waals surface area contributed by atoms with Crippen molar-refractivity contribution in [2.24, 2.45) is 0 Å². The number of unbranched alkanes of at least 4 members (excludes halogenated alkanes) is 2. The molecule has 2 aromatic carbocycles. The number of hydrogen-bond donors (Lipinski definition) is 2. The Balaban J connectivity index is 1.92. The molecular weight excluding hydrogens is 354 g/mol. The van der Waals surface area contributed by atoms with Crippen LogP contribution in [0.15, 0.2) is 54.6 Å². The van der Waals surface area contributed by atoms with Gasteiger partial charge >= 0.3 is 0 Å². The van der Waals surface area contributed by atoms with Crippen LogP contribution >= 0.6 is 12.6 Å². The lowest BCUT2D eigenvalue weighted by molar-refractivity contribution is -0.112. The first kappa shape index (κ1) is 21.0. The summed E-state index contributed by atoms with van der Waals surface area (Å²) in [6.45, 7) is 2.21. The van der Waals surface area contributed by atoms with E-state index in [1.807, 2.05) is 42.5 Å². The predicted molar refractivity (Wildman–Crippen MR) is 116 cm³/mol. The molecule has 0 saturated heterocycles. The van der Waals surface area contributed by atoms with Crippen molar-refractivity contribution in [1.29, 1.82) is 0 Å². The van der Waals surface area contributed by atoms with Gasteiger partial charge in [-0.3, -0.25) is 9.59 Å². The number of carbonyl (C=O) groups is 2. The molecule has 2 rings (SSSR count). The molecule has 0 saturated carbocycles. The Morgan fingerprint density at radius 3 is 2.44 bits per heavy atom. The molecule has 0 aliphatic heterocycles. The lowest BCUT2D eigenvalue weighted by Crippen LogP contribution is -2.10. The number of anilines is 1. The zero-order chi connectivity index (χ0) is 19.5. The summed E-state index contributed by atoms with van der Waals surface area (Å²) in [7, 11) is 0. The number of benzene rings is 2. The van der Waals surface area contributed by atoms with Crippen LogP contribution in [-0.2, 0) is 22.4 Å². The molecule has 0 atom stereocenters. The van der Waals surface area contributed by atoms with Crippen LogP contribution in [0.2, 0.25) is 0 Å². The second kappa shape index (κ2) is 11.4. The summed E-state index contributed by atoms with van der Waals surface area (Å²) < 4.78 is 0. The quantitative estimate of drug-likeness (QED) is 0.326. The number of nitrogens with one attached hydrogen (secondary N) is 1. The van der Waals surface area contributed by atoms with Gasteiger partial charge in [-0.25, -0.2) is 0 Å². The molecule has 27 heavy (non-hydrogen) atoms. The average molecular weight is 382 g/mol. The van der Waals surface area contributed by atoms with Gasteiger partial charge in [0.1, 0.15) is 0 Å². The molecule has 0 radical (unpaired) electrons. The van der Waals surface area contributed by atoms with Gasteiger partial charge in [0.05, 0.1) is 0 Å². The normalized spacial score (nSPS) is 10.9. The van der Waals surface area contributed by atoms with E-state index in [9.17, 15) is 9.59 Å². The van der Waals surface area contributed by atoms with Crippen LogP contribution in [0.3, 0.4) is 0 Å². The number of amides is 1. The maximum atomic E-state index is 12.2. The summed E-state index contributed by atoms with van der Waals surface area (Å²) in [5.74, 6) is -0.188. The van der Waals surface area contributed by atoms with Crippen LogP contribution in [0, 0.1) is 0 Å². The van der Waals surface area contributed by atoms with Gasteiger partial charge in [-0.2, -0.15) is 0 Å². The van der Waals surface area contributed by atoms with E-state index in [0.29, 0.717) is 12.8 Å². The van der Waals surface area contributed by atoms with Crippen molar-refractivity contribution < 1.29 is 9.59 Å². The minimum atomic E-state index is -0.188. The van der Waals surface area contributed by atoms with Crippen LogP contribution in [0.25, 0.3) is 6.08 Å². The highest BCUT2D eigenvalue weighted by atomic mass is 32.1. The lowest BCUT2D eigenvalue weighted by atomic mass is 10.1. The summed E-state index contributed by atoms with van der Waals surface area (Å²) in [6.07, 6.45) is 9.04. The summed E-state index contributed by atoms with van der Waals surface area (Å²) in [5.41, 5.74) is 3.99. The van der Waals surface area contributed by atoms with Crippen molar-refractivity contribution in [2.45, 2.75) is 45.4 Å². The Morgan fingerprint density at radius 2 is 1.74 bits per heavy atom. The van der Waals surface area contributed by atoms with E-state index in [2.05, 4.69) is 37.0 Å². The van der Waals surface area contributed by atoms with Gasteiger partial charge in [0.25, 0.3) is 0 Å². The summed E-state index contributed by atoms with van der Waals surface area (Å²) in [5, 5.41) is 2.73. The zero-order valence-corrected chi connectivity index (χ0v) is 16.7. The maximum absolute atomic E-state index is 12.2. The smallest absolute Gasteiger partial charge is 0.248 e. The fourth-order valence-corrected chi connectivity index (χ4v) is 2.93. The third-order valence-corrected chi connectivity index (χ3v) is 4.58. The Bertz CT molecular complexity index is 781. The molecule has 0 aromatic heterocycles. The summed E-state index contributed by atoms with van der Waals surface area (Å²) >= 11 is 3.80. The largest absolute Gasteiger partial charge is 0.322 e. The number of rotatable bonds is 10.